The number of fused-ring (bicyclic) bond motifs is 1. The molecule has 0 saturated heterocycles. The van der Waals surface area contributed by atoms with Crippen LogP contribution in [0.3, 0.4) is 0 Å². The zero-order valence-corrected chi connectivity index (χ0v) is 21.6. The lowest BCUT2D eigenvalue weighted by atomic mass is 9.96. The summed E-state index contributed by atoms with van der Waals surface area (Å²) in [5.41, 5.74) is 3.28. The lowest BCUT2D eigenvalue weighted by molar-refractivity contribution is 0.385. The fraction of sp³-hybridized carbons (Fsp3) is 0.250. The first-order valence-electron chi connectivity index (χ1n) is 11.7. The third-order valence-corrected chi connectivity index (χ3v) is 7.33. The summed E-state index contributed by atoms with van der Waals surface area (Å²) >= 11 is 0. The highest BCUT2D eigenvalue weighted by Crippen LogP contribution is 2.33. The molecule has 0 unspecified atom stereocenters. The molecule has 1 N–H and O–H groups in total. The highest BCUT2D eigenvalue weighted by atomic mass is 32.2. The fourth-order valence-electron chi connectivity index (χ4n) is 4.39. The van der Waals surface area contributed by atoms with Crippen molar-refractivity contribution in [2.24, 2.45) is 0 Å². The molecule has 188 valence electrons. The number of hydrogen-bond donors (Lipinski definition) is 1. The molecule has 0 aliphatic heterocycles. The minimum Gasteiger partial charge on any atom is -0.497 e. The van der Waals surface area contributed by atoms with Crippen LogP contribution in [0.15, 0.2) is 83.7 Å². The Balaban J connectivity index is 1.78. The Hall–Kier alpha value is -3.46. The number of ether oxygens (including phenoxy) is 1. The second-order valence-corrected chi connectivity index (χ2v) is 10.7. The number of rotatable bonds is 10. The van der Waals surface area contributed by atoms with Gasteiger partial charge in [0.2, 0.25) is 10.0 Å². The van der Waals surface area contributed by atoms with Crippen LogP contribution in [0.25, 0.3) is 21.9 Å². The van der Waals surface area contributed by atoms with E-state index in [1.807, 2.05) is 73.6 Å². The van der Waals surface area contributed by atoms with Gasteiger partial charge in [0.05, 0.1) is 12.9 Å². The molecule has 0 aliphatic carbocycles. The van der Waals surface area contributed by atoms with Crippen molar-refractivity contribution in [3.05, 3.63) is 100 Å². The maximum atomic E-state index is 13.7. The predicted octanol–water partition coefficient (Wildman–Crippen LogP) is 3.86. The summed E-state index contributed by atoms with van der Waals surface area (Å²) in [7, 11) is 1.94. The standard InChI is InChI=1S/C28H31N3O4S/c1-30(2)19-26-27(22-12-8-5-9-13-22)25-18-23(35-3)14-15-24(25)28(32)31(26)17-16-29-36(33,34)20-21-10-6-4-7-11-21/h4-15,18,29H,16-17,19-20H2,1-3H3. The van der Waals surface area contributed by atoms with Crippen LogP contribution < -0.4 is 15.0 Å². The summed E-state index contributed by atoms with van der Waals surface area (Å²) in [5.74, 6) is 0.557. The summed E-state index contributed by atoms with van der Waals surface area (Å²) in [6, 6.07) is 24.4. The molecule has 0 aliphatic rings. The van der Waals surface area contributed by atoms with Crippen LogP contribution in [0.5, 0.6) is 5.75 Å². The molecule has 8 heteroatoms. The van der Waals surface area contributed by atoms with Crippen molar-refractivity contribution in [2.45, 2.75) is 18.8 Å². The second kappa shape index (κ2) is 11.1. The summed E-state index contributed by atoms with van der Waals surface area (Å²) < 4.78 is 35.2. The number of aromatic nitrogens is 1. The molecule has 1 heterocycles. The van der Waals surface area contributed by atoms with Gasteiger partial charge < -0.3 is 14.2 Å². The van der Waals surface area contributed by atoms with E-state index in [9.17, 15) is 13.2 Å². The number of hydrogen-bond acceptors (Lipinski definition) is 5. The Kier molecular flexibility index (Phi) is 7.88. The van der Waals surface area contributed by atoms with Gasteiger partial charge in [0, 0.05) is 41.7 Å². The van der Waals surface area contributed by atoms with Gasteiger partial charge in [0.1, 0.15) is 5.75 Å². The van der Waals surface area contributed by atoms with E-state index >= 15 is 0 Å². The van der Waals surface area contributed by atoms with E-state index in [0.29, 0.717) is 23.2 Å². The Bertz CT molecular complexity index is 1500. The van der Waals surface area contributed by atoms with Crippen molar-refractivity contribution in [3.8, 4) is 16.9 Å². The van der Waals surface area contributed by atoms with Crippen molar-refractivity contribution in [1.82, 2.24) is 14.2 Å². The van der Waals surface area contributed by atoms with E-state index in [4.69, 9.17) is 4.74 Å². The van der Waals surface area contributed by atoms with Gasteiger partial charge in [-0.25, -0.2) is 13.1 Å². The summed E-state index contributed by atoms with van der Waals surface area (Å²) in [5, 5.41) is 1.37. The van der Waals surface area contributed by atoms with E-state index in [0.717, 1.165) is 22.2 Å². The van der Waals surface area contributed by atoms with E-state index < -0.39 is 10.0 Å². The Morgan fingerprint density at radius 2 is 1.58 bits per heavy atom. The third kappa shape index (κ3) is 5.84. The van der Waals surface area contributed by atoms with Crippen LogP contribution in [-0.4, -0.2) is 45.6 Å². The molecule has 4 aromatic rings. The van der Waals surface area contributed by atoms with E-state index in [-0.39, 0.29) is 24.4 Å². The molecule has 0 saturated carbocycles. The lowest BCUT2D eigenvalue weighted by Gasteiger charge is -2.23. The first kappa shape index (κ1) is 25.6. The average Bonchev–Trinajstić information content (AvgIpc) is 2.86. The van der Waals surface area contributed by atoms with Gasteiger partial charge in [-0.15, -0.1) is 0 Å². The molecule has 36 heavy (non-hydrogen) atoms. The number of nitrogens with one attached hydrogen (secondary N) is 1. The van der Waals surface area contributed by atoms with Gasteiger partial charge in [-0.3, -0.25) is 4.79 Å². The molecule has 0 radical (unpaired) electrons. The number of nitrogens with zero attached hydrogens (tertiary/aromatic N) is 2. The topological polar surface area (TPSA) is 80.6 Å². The Labute approximate surface area is 212 Å². The van der Waals surface area contributed by atoms with E-state index in [1.165, 1.54) is 0 Å². The summed E-state index contributed by atoms with van der Waals surface area (Å²) in [6.45, 7) is 0.812. The molecule has 1 aromatic heterocycles. The number of methoxy groups -OCH3 is 1. The van der Waals surface area contributed by atoms with Gasteiger partial charge in [-0.1, -0.05) is 60.7 Å². The molecule has 0 fully saturated rings. The SMILES string of the molecule is COc1ccc2c(=O)n(CCNS(=O)(=O)Cc3ccccc3)c(CN(C)C)c(-c3ccccc3)c2c1. The van der Waals surface area contributed by atoms with Gasteiger partial charge >= 0.3 is 0 Å². The smallest absolute Gasteiger partial charge is 0.258 e. The molecular formula is C28H31N3O4S. The van der Waals surface area contributed by atoms with Crippen molar-refractivity contribution < 1.29 is 13.2 Å². The van der Waals surface area contributed by atoms with Crippen molar-refractivity contribution >= 4 is 20.8 Å². The van der Waals surface area contributed by atoms with Gasteiger partial charge in [0.15, 0.2) is 0 Å². The van der Waals surface area contributed by atoms with Crippen molar-refractivity contribution in [3.63, 3.8) is 0 Å². The Morgan fingerprint density at radius 3 is 2.22 bits per heavy atom. The van der Waals surface area contributed by atoms with Crippen LogP contribution >= 0.6 is 0 Å². The maximum Gasteiger partial charge on any atom is 0.258 e. The van der Waals surface area contributed by atoms with Crippen molar-refractivity contribution in [2.75, 3.05) is 27.7 Å². The first-order valence-corrected chi connectivity index (χ1v) is 13.4. The van der Waals surface area contributed by atoms with Crippen LogP contribution in [0.1, 0.15) is 11.3 Å². The summed E-state index contributed by atoms with van der Waals surface area (Å²) in [6.07, 6.45) is 0. The quantitative estimate of drug-likeness (QED) is 0.354. The van der Waals surface area contributed by atoms with Gasteiger partial charge in [-0.05, 0) is 43.4 Å². The second-order valence-electron chi connectivity index (χ2n) is 8.93. The van der Waals surface area contributed by atoms with E-state index in [2.05, 4.69) is 4.72 Å². The maximum absolute atomic E-state index is 13.7. The molecule has 0 bridgehead atoms. The fourth-order valence-corrected chi connectivity index (χ4v) is 5.52. The molecule has 0 atom stereocenters. The monoisotopic (exact) mass is 505 g/mol. The number of pyridine rings is 1. The number of sulfonamides is 1. The highest BCUT2D eigenvalue weighted by molar-refractivity contribution is 7.88. The molecular weight excluding hydrogens is 474 g/mol. The summed E-state index contributed by atoms with van der Waals surface area (Å²) in [4.78, 5) is 15.7. The highest BCUT2D eigenvalue weighted by Gasteiger charge is 2.20. The molecule has 4 rings (SSSR count). The minimum atomic E-state index is -3.56. The van der Waals surface area contributed by atoms with Crippen LogP contribution in [-0.2, 0) is 28.9 Å². The van der Waals surface area contributed by atoms with Gasteiger partial charge in [0.25, 0.3) is 5.56 Å². The molecule has 7 nitrogen and oxygen atoms in total. The van der Waals surface area contributed by atoms with Crippen molar-refractivity contribution in [1.29, 1.82) is 0 Å². The zero-order valence-electron chi connectivity index (χ0n) is 20.8. The van der Waals surface area contributed by atoms with Gasteiger partial charge in [-0.2, -0.15) is 0 Å². The predicted molar refractivity (Wildman–Crippen MR) is 145 cm³/mol. The zero-order chi connectivity index (χ0) is 25.7. The van der Waals surface area contributed by atoms with Crippen LogP contribution in [0, 0.1) is 0 Å². The molecule has 3 aromatic carbocycles. The first-order chi connectivity index (χ1) is 17.3. The normalized spacial score (nSPS) is 11.8. The third-order valence-electron chi connectivity index (χ3n) is 5.97. The van der Waals surface area contributed by atoms with Crippen LogP contribution in [0.4, 0.5) is 0 Å². The lowest BCUT2D eigenvalue weighted by Crippen LogP contribution is -2.34. The Morgan fingerprint density at radius 1 is 0.917 bits per heavy atom. The largest absolute Gasteiger partial charge is 0.497 e. The number of benzene rings is 3. The molecule has 0 spiro atoms. The van der Waals surface area contributed by atoms with Crippen LogP contribution in [0.2, 0.25) is 0 Å². The minimum absolute atomic E-state index is 0.103. The van der Waals surface area contributed by atoms with E-state index in [1.54, 1.807) is 35.9 Å². The molecule has 0 amide bonds. The average molecular weight is 506 g/mol.